The molecule has 2 aromatic heterocycles. The molecule has 8 nitrogen and oxygen atoms in total. The van der Waals surface area contributed by atoms with E-state index in [-0.39, 0.29) is 18.5 Å². The van der Waals surface area contributed by atoms with Crippen molar-refractivity contribution in [2.75, 3.05) is 0 Å². The number of carbonyl (C=O) groups is 1. The summed E-state index contributed by atoms with van der Waals surface area (Å²) in [7, 11) is 1.69. The SMILES string of the molecule is CCCCn1c(=O)[nH]c(=O)c2c1nc(COC(=O)C1CCC1)n2C. The van der Waals surface area contributed by atoms with E-state index in [0.717, 1.165) is 32.1 Å². The van der Waals surface area contributed by atoms with E-state index in [0.29, 0.717) is 23.5 Å². The van der Waals surface area contributed by atoms with Crippen LogP contribution in [0.1, 0.15) is 44.9 Å². The fraction of sp³-hybridized carbons (Fsp3) is 0.625. The number of carbonyl (C=O) groups excluding carboxylic acids is 1. The van der Waals surface area contributed by atoms with E-state index in [9.17, 15) is 14.4 Å². The van der Waals surface area contributed by atoms with Gasteiger partial charge in [-0.1, -0.05) is 19.8 Å². The number of hydrogen-bond acceptors (Lipinski definition) is 5. The van der Waals surface area contributed by atoms with Crippen LogP contribution in [-0.2, 0) is 29.7 Å². The molecule has 0 saturated heterocycles. The van der Waals surface area contributed by atoms with Crippen LogP contribution in [0.15, 0.2) is 9.59 Å². The number of imidazole rings is 1. The molecule has 3 rings (SSSR count). The Hall–Kier alpha value is -2.38. The lowest BCUT2D eigenvalue weighted by Gasteiger charge is -2.22. The van der Waals surface area contributed by atoms with Gasteiger partial charge < -0.3 is 9.30 Å². The molecule has 0 aromatic carbocycles. The van der Waals surface area contributed by atoms with E-state index in [1.165, 1.54) is 4.57 Å². The summed E-state index contributed by atoms with van der Waals surface area (Å²) < 4.78 is 8.37. The first-order chi connectivity index (χ1) is 11.5. The number of unbranched alkanes of at least 4 members (excludes halogenated alkanes) is 1. The van der Waals surface area contributed by atoms with Crippen LogP contribution in [0.25, 0.3) is 11.2 Å². The molecule has 8 heteroatoms. The topological polar surface area (TPSA) is 99.0 Å². The number of rotatable bonds is 6. The molecule has 0 radical (unpaired) electrons. The first-order valence-corrected chi connectivity index (χ1v) is 8.38. The second kappa shape index (κ2) is 6.62. The van der Waals surface area contributed by atoms with Crippen LogP contribution in [0.3, 0.4) is 0 Å². The first-order valence-electron chi connectivity index (χ1n) is 8.38. The highest BCUT2D eigenvalue weighted by Crippen LogP contribution is 2.27. The Bertz CT molecular complexity index is 873. The fourth-order valence-electron chi connectivity index (χ4n) is 2.84. The average molecular weight is 334 g/mol. The molecular weight excluding hydrogens is 312 g/mol. The molecule has 2 aromatic rings. The Morgan fingerprint density at radius 3 is 2.75 bits per heavy atom. The zero-order chi connectivity index (χ0) is 17.3. The summed E-state index contributed by atoms with van der Waals surface area (Å²) >= 11 is 0. The number of esters is 1. The van der Waals surface area contributed by atoms with Crippen molar-refractivity contribution in [3.8, 4) is 0 Å². The van der Waals surface area contributed by atoms with Crippen LogP contribution in [0.2, 0.25) is 0 Å². The highest BCUT2D eigenvalue weighted by molar-refractivity contribution is 5.73. The van der Waals surface area contributed by atoms with Crippen molar-refractivity contribution in [2.24, 2.45) is 13.0 Å². The molecule has 0 aliphatic heterocycles. The Balaban J connectivity index is 1.93. The number of nitrogens with one attached hydrogen (secondary N) is 1. The number of hydrogen-bond donors (Lipinski definition) is 1. The van der Waals surface area contributed by atoms with Gasteiger partial charge in [0.05, 0.1) is 5.92 Å². The largest absolute Gasteiger partial charge is 0.457 e. The van der Waals surface area contributed by atoms with E-state index in [1.807, 2.05) is 6.92 Å². The van der Waals surface area contributed by atoms with Gasteiger partial charge in [-0.2, -0.15) is 0 Å². The summed E-state index contributed by atoms with van der Waals surface area (Å²) in [6.45, 7) is 2.51. The molecule has 1 saturated carbocycles. The van der Waals surface area contributed by atoms with Gasteiger partial charge in [-0.15, -0.1) is 0 Å². The van der Waals surface area contributed by atoms with E-state index >= 15 is 0 Å². The van der Waals surface area contributed by atoms with Crippen molar-refractivity contribution in [3.63, 3.8) is 0 Å². The van der Waals surface area contributed by atoms with E-state index in [2.05, 4.69) is 9.97 Å². The van der Waals surface area contributed by atoms with E-state index < -0.39 is 11.2 Å². The molecule has 0 spiro atoms. The van der Waals surface area contributed by atoms with Crippen LogP contribution in [0, 0.1) is 5.92 Å². The molecule has 1 aliphatic carbocycles. The maximum Gasteiger partial charge on any atom is 0.330 e. The minimum atomic E-state index is -0.477. The lowest BCUT2D eigenvalue weighted by Crippen LogP contribution is -2.31. The number of aryl methyl sites for hydroxylation is 2. The number of nitrogens with zero attached hydrogens (tertiary/aromatic N) is 3. The zero-order valence-electron chi connectivity index (χ0n) is 14.0. The van der Waals surface area contributed by atoms with Crippen LogP contribution < -0.4 is 11.2 Å². The molecule has 2 heterocycles. The van der Waals surface area contributed by atoms with Crippen LogP contribution in [0.4, 0.5) is 0 Å². The number of H-pyrrole nitrogens is 1. The van der Waals surface area contributed by atoms with Crippen molar-refractivity contribution in [1.82, 2.24) is 19.1 Å². The van der Waals surface area contributed by atoms with Gasteiger partial charge >= 0.3 is 11.7 Å². The lowest BCUT2D eigenvalue weighted by atomic mass is 9.86. The zero-order valence-corrected chi connectivity index (χ0v) is 14.0. The third kappa shape index (κ3) is 2.88. The summed E-state index contributed by atoms with van der Waals surface area (Å²) in [5.74, 6) is 0.232. The normalized spacial score (nSPS) is 14.8. The van der Waals surface area contributed by atoms with Gasteiger partial charge in [0.2, 0.25) is 0 Å². The van der Waals surface area contributed by atoms with Crippen molar-refractivity contribution in [2.45, 2.75) is 52.2 Å². The predicted molar refractivity (Wildman–Crippen MR) is 87.6 cm³/mol. The predicted octanol–water partition coefficient (Wildman–Crippen LogP) is 1.07. The number of aromatic nitrogens is 4. The first kappa shape index (κ1) is 16.5. The van der Waals surface area contributed by atoms with Crippen LogP contribution >= 0.6 is 0 Å². The van der Waals surface area contributed by atoms with Gasteiger partial charge in [-0.05, 0) is 19.3 Å². The molecule has 1 aliphatic rings. The second-order valence-electron chi connectivity index (χ2n) is 6.26. The summed E-state index contributed by atoms with van der Waals surface area (Å²) in [6.07, 6.45) is 4.54. The van der Waals surface area contributed by atoms with Crippen LogP contribution in [-0.4, -0.2) is 25.1 Å². The Morgan fingerprint density at radius 2 is 2.12 bits per heavy atom. The van der Waals surface area contributed by atoms with Crippen LogP contribution in [0.5, 0.6) is 0 Å². The lowest BCUT2D eigenvalue weighted by molar-refractivity contribution is -0.153. The molecule has 24 heavy (non-hydrogen) atoms. The van der Waals surface area contributed by atoms with Crippen molar-refractivity contribution in [3.05, 3.63) is 26.7 Å². The van der Waals surface area contributed by atoms with Gasteiger partial charge in [-0.3, -0.25) is 19.1 Å². The number of fused-ring (bicyclic) bond motifs is 1. The highest BCUT2D eigenvalue weighted by atomic mass is 16.5. The summed E-state index contributed by atoms with van der Waals surface area (Å²) in [5, 5.41) is 0. The van der Waals surface area contributed by atoms with Crippen molar-refractivity contribution in [1.29, 1.82) is 0 Å². The molecule has 0 amide bonds. The van der Waals surface area contributed by atoms with Gasteiger partial charge in [0.15, 0.2) is 11.2 Å². The highest BCUT2D eigenvalue weighted by Gasteiger charge is 2.27. The Kier molecular flexibility index (Phi) is 4.55. The summed E-state index contributed by atoms with van der Waals surface area (Å²) in [6, 6.07) is 0. The second-order valence-corrected chi connectivity index (χ2v) is 6.26. The average Bonchev–Trinajstić information content (AvgIpc) is 2.80. The standard InChI is InChI=1S/C16H22N4O4/c1-3-4-8-20-13-12(14(21)18-16(20)23)19(2)11(17-13)9-24-15(22)10-6-5-7-10/h10H,3-9H2,1-2H3,(H,18,21,23). The van der Waals surface area contributed by atoms with Gasteiger partial charge in [0.1, 0.15) is 12.4 Å². The smallest absolute Gasteiger partial charge is 0.330 e. The Morgan fingerprint density at radius 1 is 1.38 bits per heavy atom. The summed E-state index contributed by atoms with van der Waals surface area (Å²) in [5.41, 5.74) is -0.277. The number of ether oxygens (including phenoxy) is 1. The van der Waals surface area contributed by atoms with Gasteiger partial charge in [0.25, 0.3) is 5.56 Å². The minimum absolute atomic E-state index is 0.00191. The quantitative estimate of drug-likeness (QED) is 0.797. The Labute approximate surface area is 138 Å². The van der Waals surface area contributed by atoms with Gasteiger partial charge in [0, 0.05) is 13.6 Å². The fourth-order valence-corrected chi connectivity index (χ4v) is 2.84. The maximum atomic E-state index is 12.1. The minimum Gasteiger partial charge on any atom is -0.457 e. The molecule has 0 unspecified atom stereocenters. The van der Waals surface area contributed by atoms with Crippen molar-refractivity contribution >= 4 is 17.1 Å². The molecular formula is C16H22N4O4. The molecule has 130 valence electrons. The third-order valence-corrected chi connectivity index (χ3v) is 4.62. The van der Waals surface area contributed by atoms with Crippen molar-refractivity contribution < 1.29 is 9.53 Å². The molecule has 0 atom stereocenters. The van der Waals surface area contributed by atoms with E-state index in [4.69, 9.17) is 4.74 Å². The molecule has 1 N–H and O–H groups in total. The number of aromatic amines is 1. The molecule has 0 bridgehead atoms. The van der Waals surface area contributed by atoms with E-state index in [1.54, 1.807) is 11.6 Å². The van der Waals surface area contributed by atoms with Gasteiger partial charge in [-0.25, -0.2) is 9.78 Å². The monoisotopic (exact) mass is 334 g/mol. The molecule has 1 fully saturated rings. The summed E-state index contributed by atoms with van der Waals surface area (Å²) in [4.78, 5) is 42.8. The maximum absolute atomic E-state index is 12.1. The third-order valence-electron chi connectivity index (χ3n) is 4.62.